The highest BCUT2D eigenvalue weighted by Gasteiger charge is 2.12. The van der Waals surface area contributed by atoms with E-state index in [1.54, 1.807) is 0 Å². The van der Waals surface area contributed by atoms with Crippen LogP contribution >= 0.6 is 11.6 Å². The van der Waals surface area contributed by atoms with Crippen LogP contribution in [0.5, 0.6) is 11.5 Å². The molecule has 0 saturated carbocycles. The Morgan fingerprint density at radius 2 is 2.21 bits per heavy atom. The van der Waals surface area contributed by atoms with E-state index in [1.165, 1.54) is 12.1 Å². The summed E-state index contributed by atoms with van der Waals surface area (Å²) in [5.74, 6) is -1.31. The molecule has 0 radical (unpaired) electrons. The van der Waals surface area contributed by atoms with Gasteiger partial charge in [-0.15, -0.1) is 0 Å². The number of hydrogen-bond donors (Lipinski definition) is 1. The molecule has 0 heterocycles. The van der Waals surface area contributed by atoms with Crippen LogP contribution in [0.15, 0.2) is 12.1 Å². The van der Waals surface area contributed by atoms with Crippen molar-refractivity contribution >= 4 is 11.6 Å². The van der Waals surface area contributed by atoms with Crippen molar-refractivity contribution in [3.8, 4) is 11.5 Å². The van der Waals surface area contributed by atoms with Gasteiger partial charge < -0.3 is 9.84 Å². The summed E-state index contributed by atoms with van der Waals surface area (Å²) in [6.45, 7) is 2.40. The summed E-state index contributed by atoms with van der Waals surface area (Å²) in [5.41, 5.74) is 0. The van der Waals surface area contributed by atoms with Crippen LogP contribution in [-0.2, 0) is 0 Å². The molecule has 4 heteroatoms. The van der Waals surface area contributed by atoms with E-state index in [4.69, 9.17) is 21.4 Å². The van der Waals surface area contributed by atoms with Gasteiger partial charge in [0.2, 0.25) is 5.82 Å². The second kappa shape index (κ2) is 5.05. The smallest absolute Gasteiger partial charge is 0.208 e. The van der Waals surface area contributed by atoms with Gasteiger partial charge in [-0.25, -0.2) is 0 Å². The molecule has 2 nitrogen and oxygen atoms in total. The van der Waals surface area contributed by atoms with Crippen molar-refractivity contribution in [2.45, 2.75) is 19.8 Å². The molecule has 0 unspecified atom stereocenters. The van der Waals surface area contributed by atoms with E-state index < -0.39 is 11.6 Å². The third kappa shape index (κ3) is 2.51. The van der Waals surface area contributed by atoms with Crippen molar-refractivity contribution in [3.63, 3.8) is 0 Å². The third-order valence-electron chi connectivity index (χ3n) is 1.77. The van der Waals surface area contributed by atoms with Crippen molar-refractivity contribution in [1.82, 2.24) is 0 Å². The monoisotopic (exact) mass is 218 g/mol. The zero-order valence-electron chi connectivity index (χ0n) is 7.89. The fourth-order valence-electron chi connectivity index (χ4n) is 0.973. The molecule has 0 aliphatic carbocycles. The van der Waals surface area contributed by atoms with Crippen LogP contribution in [0.2, 0.25) is 5.02 Å². The Morgan fingerprint density at radius 1 is 1.50 bits per heavy atom. The Bertz CT molecular complexity index is 315. The highest BCUT2D eigenvalue weighted by Crippen LogP contribution is 2.33. The zero-order valence-corrected chi connectivity index (χ0v) is 8.64. The number of halogens is 2. The number of hydrogen-bond acceptors (Lipinski definition) is 2. The van der Waals surface area contributed by atoms with Crippen molar-refractivity contribution in [1.29, 1.82) is 0 Å². The summed E-state index contributed by atoms with van der Waals surface area (Å²) in [7, 11) is 0. The molecule has 78 valence electrons. The van der Waals surface area contributed by atoms with E-state index in [1.807, 2.05) is 6.92 Å². The summed E-state index contributed by atoms with van der Waals surface area (Å²) in [6, 6.07) is 2.60. The van der Waals surface area contributed by atoms with E-state index in [0.29, 0.717) is 6.61 Å². The Hall–Kier alpha value is -0.960. The normalized spacial score (nSPS) is 10.2. The van der Waals surface area contributed by atoms with Crippen LogP contribution in [0, 0.1) is 5.82 Å². The predicted octanol–water partition coefficient (Wildman–Crippen LogP) is 3.36. The van der Waals surface area contributed by atoms with Crippen molar-refractivity contribution in [2.75, 3.05) is 6.61 Å². The number of ether oxygens (including phenoxy) is 1. The lowest BCUT2D eigenvalue weighted by atomic mass is 10.3. The number of phenols is 1. The molecule has 0 spiro atoms. The van der Waals surface area contributed by atoms with E-state index >= 15 is 0 Å². The van der Waals surface area contributed by atoms with Crippen molar-refractivity contribution in [3.05, 3.63) is 23.0 Å². The molecule has 1 rings (SSSR count). The number of benzene rings is 1. The van der Waals surface area contributed by atoms with Crippen LogP contribution < -0.4 is 4.74 Å². The summed E-state index contributed by atoms with van der Waals surface area (Å²) in [5, 5.41) is 9.24. The van der Waals surface area contributed by atoms with E-state index in [9.17, 15) is 4.39 Å². The fourth-order valence-corrected chi connectivity index (χ4v) is 1.17. The number of unbranched alkanes of at least 4 members (excludes halogenated alkanes) is 1. The van der Waals surface area contributed by atoms with Gasteiger partial charge in [-0.1, -0.05) is 24.9 Å². The second-order valence-corrected chi connectivity index (χ2v) is 3.32. The Labute approximate surface area is 87.3 Å². The van der Waals surface area contributed by atoms with Gasteiger partial charge in [0.25, 0.3) is 0 Å². The molecule has 0 aromatic heterocycles. The average Bonchev–Trinajstić information content (AvgIpc) is 2.18. The van der Waals surface area contributed by atoms with Gasteiger partial charge in [0.15, 0.2) is 11.5 Å². The topological polar surface area (TPSA) is 29.5 Å². The minimum absolute atomic E-state index is 0.0693. The summed E-state index contributed by atoms with van der Waals surface area (Å²) < 4.78 is 18.4. The highest BCUT2D eigenvalue weighted by molar-refractivity contribution is 6.32. The van der Waals surface area contributed by atoms with Gasteiger partial charge in [-0.3, -0.25) is 0 Å². The van der Waals surface area contributed by atoms with Crippen LogP contribution in [0.3, 0.4) is 0 Å². The van der Waals surface area contributed by atoms with Crippen molar-refractivity contribution in [2.24, 2.45) is 0 Å². The summed E-state index contributed by atoms with van der Waals surface area (Å²) in [6.07, 6.45) is 1.78. The van der Waals surface area contributed by atoms with Gasteiger partial charge in [-0.2, -0.15) is 4.39 Å². The molecular weight excluding hydrogens is 207 g/mol. The van der Waals surface area contributed by atoms with E-state index in [2.05, 4.69) is 0 Å². The molecule has 0 bridgehead atoms. The Kier molecular flexibility index (Phi) is 4.01. The minimum Gasteiger partial charge on any atom is -0.505 e. The number of phenolic OH excluding ortho intramolecular Hbond substituents is 1. The van der Waals surface area contributed by atoms with Gasteiger partial charge >= 0.3 is 0 Å². The molecule has 1 N–H and O–H groups in total. The minimum atomic E-state index is -0.798. The molecule has 1 aromatic rings. The average molecular weight is 219 g/mol. The van der Waals surface area contributed by atoms with Crippen LogP contribution in [0.4, 0.5) is 4.39 Å². The lowest BCUT2D eigenvalue weighted by Gasteiger charge is -2.08. The molecule has 0 atom stereocenters. The van der Waals surface area contributed by atoms with Gasteiger partial charge in [0.05, 0.1) is 11.6 Å². The maximum atomic E-state index is 13.2. The standard InChI is InChI=1S/C10H12ClFO2/c1-2-3-6-14-10-7(11)4-5-8(13)9(10)12/h4-5,13H,2-3,6H2,1H3. The van der Waals surface area contributed by atoms with Crippen LogP contribution in [0.1, 0.15) is 19.8 Å². The third-order valence-corrected chi connectivity index (χ3v) is 2.07. The predicted molar refractivity (Wildman–Crippen MR) is 53.5 cm³/mol. The molecule has 0 aliphatic heterocycles. The van der Waals surface area contributed by atoms with Crippen molar-refractivity contribution < 1.29 is 14.2 Å². The lowest BCUT2D eigenvalue weighted by Crippen LogP contribution is -1.99. The SMILES string of the molecule is CCCCOc1c(Cl)ccc(O)c1F. The van der Waals surface area contributed by atoms with Gasteiger partial charge in [0.1, 0.15) is 0 Å². The Balaban J connectivity index is 2.79. The lowest BCUT2D eigenvalue weighted by molar-refractivity contribution is 0.288. The molecule has 0 aliphatic rings. The summed E-state index contributed by atoms with van der Waals surface area (Å²) in [4.78, 5) is 0. The quantitative estimate of drug-likeness (QED) is 0.786. The molecule has 14 heavy (non-hydrogen) atoms. The van der Waals surface area contributed by atoms with E-state index in [0.717, 1.165) is 12.8 Å². The van der Waals surface area contributed by atoms with Crippen LogP contribution in [-0.4, -0.2) is 11.7 Å². The molecule has 0 amide bonds. The first-order valence-corrected chi connectivity index (χ1v) is 4.84. The number of rotatable bonds is 4. The Morgan fingerprint density at radius 3 is 2.86 bits per heavy atom. The first-order chi connectivity index (χ1) is 6.66. The van der Waals surface area contributed by atoms with Gasteiger partial charge in [-0.05, 0) is 18.6 Å². The highest BCUT2D eigenvalue weighted by atomic mass is 35.5. The first-order valence-electron chi connectivity index (χ1n) is 4.46. The van der Waals surface area contributed by atoms with Gasteiger partial charge in [0, 0.05) is 0 Å². The molecule has 0 saturated heterocycles. The van der Waals surface area contributed by atoms with Crippen LogP contribution in [0.25, 0.3) is 0 Å². The molecular formula is C10H12ClFO2. The molecule has 0 fully saturated rings. The summed E-state index contributed by atoms with van der Waals surface area (Å²) >= 11 is 5.70. The largest absolute Gasteiger partial charge is 0.505 e. The second-order valence-electron chi connectivity index (χ2n) is 2.91. The first kappa shape index (κ1) is 11.1. The fraction of sp³-hybridized carbons (Fsp3) is 0.400. The van der Waals surface area contributed by atoms with E-state index in [-0.39, 0.29) is 10.8 Å². The zero-order chi connectivity index (χ0) is 10.6. The number of aromatic hydroxyl groups is 1. The maximum Gasteiger partial charge on any atom is 0.208 e. The maximum absolute atomic E-state index is 13.2. The molecule has 1 aromatic carbocycles.